The Hall–Kier alpha value is -5.32. The highest BCUT2D eigenvalue weighted by Gasteiger charge is 2.24. The first kappa shape index (κ1) is 39.9. The van der Waals surface area contributed by atoms with Crippen LogP contribution in [0.5, 0.6) is 17.2 Å². The van der Waals surface area contributed by atoms with E-state index in [1.54, 1.807) is 12.4 Å². The van der Waals surface area contributed by atoms with E-state index in [4.69, 9.17) is 24.2 Å². The van der Waals surface area contributed by atoms with Crippen LogP contribution in [0.3, 0.4) is 0 Å². The highest BCUT2D eigenvalue weighted by Crippen LogP contribution is 2.31. The summed E-state index contributed by atoms with van der Waals surface area (Å²) in [4.78, 5) is 18.6. The standard InChI is InChI=1S/C47H45Br2N5O3/c1-46(2,3)33-11-7-30(8-12-33)27-56-38-21-32(22-39(23-38)57-28-31-9-13-34(14-10-31)47(4,5)6)29-55-37-17-18-40-41(24-37)45(53-43-20-16-36(49)26-51-43)54-44(40)52-42-19-15-35(48)25-50-42/h7-26H,27-29H2,1-6H3,(H,50,51,52,53,54). The van der Waals surface area contributed by atoms with Crippen LogP contribution >= 0.6 is 31.9 Å². The lowest BCUT2D eigenvalue weighted by Crippen LogP contribution is -2.12. The molecule has 290 valence electrons. The minimum absolute atomic E-state index is 0.0840. The molecular weight excluding hydrogens is 842 g/mol. The first-order valence-electron chi connectivity index (χ1n) is 18.8. The largest absolute Gasteiger partial charge is 0.489 e. The summed E-state index contributed by atoms with van der Waals surface area (Å²) < 4.78 is 20.9. The average molecular weight is 888 g/mol. The molecule has 7 rings (SSSR count). The Morgan fingerprint density at radius 3 is 1.61 bits per heavy atom. The van der Waals surface area contributed by atoms with Gasteiger partial charge in [0.05, 0.1) is 0 Å². The summed E-state index contributed by atoms with van der Waals surface area (Å²) in [7, 11) is 0. The van der Waals surface area contributed by atoms with Gasteiger partial charge in [-0.1, -0.05) is 90.1 Å². The maximum Gasteiger partial charge on any atom is 0.164 e. The summed E-state index contributed by atoms with van der Waals surface area (Å²) in [5.74, 6) is 4.41. The van der Waals surface area contributed by atoms with Gasteiger partial charge in [-0.3, -0.25) is 0 Å². The van der Waals surface area contributed by atoms with Crippen molar-refractivity contribution in [3.05, 3.63) is 169 Å². The number of ether oxygens (including phenoxy) is 3. The van der Waals surface area contributed by atoms with E-state index >= 15 is 0 Å². The predicted octanol–water partition coefficient (Wildman–Crippen LogP) is 12.3. The highest BCUT2D eigenvalue weighted by atomic mass is 79.9. The zero-order valence-corrected chi connectivity index (χ0v) is 36.1. The number of aromatic nitrogens is 2. The van der Waals surface area contributed by atoms with E-state index < -0.39 is 0 Å². The monoisotopic (exact) mass is 885 g/mol. The number of nitrogens with one attached hydrogen (secondary N) is 1. The summed E-state index contributed by atoms with van der Waals surface area (Å²) in [6.07, 6.45) is 3.45. The minimum Gasteiger partial charge on any atom is -0.489 e. The van der Waals surface area contributed by atoms with Gasteiger partial charge in [0.1, 0.15) is 48.7 Å². The molecule has 10 heteroatoms. The lowest BCUT2D eigenvalue weighted by molar-refractivity contribution is 0.281. The highest BCUT2D eigenvalue weighted by molar-refractivity contribution is 9.10. The number of benzene rings is 4. The maximum absolute atomic E-state index is 6.45. The molecule has 0 spiro atoms. The predicted molar refractivity (Wildman–Crippen MR) is 236 cm³/mol. The summed E-state index contributed by atoms with van der Waals surface area (Å²) >= 11 is 6.91. The fourth-order valence-electron chi connectivity index (χ4n) is 6.11. The molecule has 0 bridgehead atoms. The van der Waals surface area contributed by atoms with Crippen LogP contribution in [0.25, 0.3) is 0 Å². The molecule has 0 aliphatic carbocycles. The van der Waals surface area contributed by atoms with Gasteiger partial charge in [-0.25, -0.2) is 20.0 Å². The molecule has 8 nitrogen and oxygen atoms in total. The maximum atomic E-state index is 6.45. The molecule has 2 aromatic heterocycles. The van der Waals surface area contributed by atoms with E-state index in [0.717, 1.165) is 36.8 Å². The van der Waals surface area contributed by atoms with Gasteiger partial charge in [0.15, 0.2) is 11.7 Å². The number of hydrogen-bond donors (Lipinski definition) is 1. The molecule has 4 aromatic carbocycles. The Morgan fingerprint density at radius 1 is 0.544 bits per heavy atom. The van der Waals surface area contributed by atoms with Crippen LogP contribution in [0.1, 0.15) is 80.5 Å². The molecule has 57 heavy (non-hydrogen) atoms. The second-order valence-electron chi connectivity index (χ2n) is 16.0. The van der Waals surface area contributed by atoms with E-state index in [9.17, 15) is 0 Å². The summed E-state index contributed by atoms with van der Waals surface area (Å²) in [6, 6.07) is 36.6. The average Bonchev–Trinajstić information content (AvgIpc) is 3.52. The van der Waals surface area contributed by atoms with E-state index in [2.05, 4.69) is 137 Å². The molecule has 3 heterocycles. The molecule has 0 amide bonds. The number of rotatable bonds is 11. The summed E-state index contributed by atoms with van der Waals surface area (Å²) in [6.45, 7) is 14.4. The van der Waals surface area contributed by atoms with Crippen LogP contribution in [0.2, 0.25) is 0 Å². The summed E-state index contributed by atoms with van der Waals surface area (Å²) in [5, 5.41) is 3.35. The molecule has 0 saturated carbocycles. The van der Waals surface area contributed by atoms with Crippen LogP contribution in [0, 0.1) is 0 Å². The van der Waals surface area contributed by atoms with E-state index in [0.29, 0.717) is 53.8 Å². The Kier molecular flexibility index (Phi) is 11.9. The van der Waals surface area contributed by atoms with Crippen molar-refractivity contribution in [3.63, 3.8) is 0 Å². The quantitative estimate of drug-likeness (QED) is 0.139. The summed E-state index contributed by atoms with van der Waals surface area (Å²) in [5.41, 5.74) is 7.51. The van der Waals surface area contributed by atoms with Crippen LogP contribution in [-0.4, -0.2) is 21.6 Å². The fraction of sp³-hybridized carbons (Fsp3) is 0.234. The molecule has 0 unspecified atom stereocenters. The number of halogens is 2. The first-order chi connectivity index (χ1) is 27.2. The van der Waals surface area contributed by atoms with Crippen molar-refractivity contribution in [1.82, 2.24) is 9.97 Å². The van der Waals surface area contributed by atoms with Crippen molar-refractivity contribution in [2.45, 2.75) is 72.2 Å². The minimum atomic E-state index is 0.0840. The molecule has 1 aliphatic heterocycles. The molecule has 1 aliphatic rings. The number of hydrogen-bond acceptors (Lipinski definition) is 7. The lowest BCUT2D eigenvalue weighted by atomic mass is 9.87. The molecular formula is C47H45Br2N5O3. The molecule has 0 radical (unpaired) electrons. The van der Waals surface area contributed by atoms with Gasteiger partial charge in [0.2, 0.25) is 0 Å². The number of nitrogens with zero attached hydrogens (tertiary/aromatic N) is 4. The molecule has 6 aromatic rings. The topological polar surface area (TPSA) is 90.2 Å². The number of fused-ring (bicyclic) bond motifs is 1. The van der Waals surface area contributed by atoms with Crippen molar-refractivity contribution in [1.29, 1.82) is 0 Å². The molecule has 0 fully saturated rings. The fourth-order valence-corrected chi connectivity index (χ4v) is 6.58. The van der Waals surface area contributed by atoms with Gasteiger partial charge in [0, 0.05) is 38.5 Å². The van der Waals surface area contributed by atoms with Crippen LogP contribution in [-0.2, 0) is 30.7 Å². The Balaban J connectivity index is 1.12. The second kappa shape index (κ2) is 17.0. The van der Waals surface area contributed by atoms with Gasteiger partial charge in [0.25, 0.3) is 0 Å². The SMILES string of the molecule is CC(C)(C)c1ccc(COc2cc(COc3ccc4c(c3)C(=Nc3ccc(Br)cn3)N=C4Nc3ccc(Br)cn3)cc(OCc3ccc(C(C)(C)C)cc3)c2)cc1. The number of aliphatic imine (C=N–C) groups is 2. The Labute approximate surface area is 351 Å². The number of amidine groups is 2. The first-order valence-corrected chi connectivity index (χ1v) is 20.4. The number of anilines is 1. The third kappa shape index (κ3) is 10.6. The Morgan fingerprint density at radius 2 is 1.09 bits per heavy atom. The molecule has 1 N–H and O–H groups in total. The van der Waals surface area contributed by atoms with Gasteiger partial charge in [-0.15, -0.1) is 0 Å². The van der Waals surface area contributed by atoms with Crippen molar-refractivity contribution in [2.75, 3.05) is 5.32 Å². The van der Waals surface area contributed by atoms with Crippen LogP contribution in [0.15, 0.2) is 141 Å². The van der Waals surface area contributed by atoms with Gasteiger partial charge < -0.3 is 19.5 Å². The zero-order chi connectivity index (χ0) is 40.2. The smallest absolute Gasteiger partial charge is 0.164 e. The number of pyridine rings is 2. The van der Waals surface area contributed by atoms with Crippen molar-refractivity contribution >= 4 is 55.2 Å². The van der Waals surface area contributed by atoms with Crippen molar-refractivity contribution in [3.8, 4) is 17.2 Å². The van der Waals surface area contributed by atoms with Gasteiger partial charge in [-0.05, 0) is 125 Å². The van der Waals surface area contributed by atoms with E-state index in [1.165, 1.54) is 11.1 Å². The van der Waals surface area contributed by atoms with Gasteiger partial charge in [-0.2, -0.15) is 0 Å². The van der Waals surface area contributed by atoms with E-state index in [-0.39, 0.29) is 17.4 Å². The molecule has 0 atom stereocenters. The third-order valence-electron chi connectivity index (χ3n) is 9.41. The second-order valence-corrected chi connectivity index (χ2v) is 17.8. The zero-order valence-electron chi connectivity index (χ0n) is 32.9. The molecule has 0 saturated heterocycles. The normalized spacial score (nSPS) is 13.3. The van der Waals surface area contributed by atoms with Crippen LogP contribution < -0.4 is 19.5 Å². The third-order valence-corrected chi connectivity index (χ3v) is 10.3. The Bertz CT molecular complexity index is 2320. The van der Waals surface area contributed by atoms with Crippen molar-refractivity contribution in [2.24, 2.45) is 9.98 Å². The lowest BCUT2D eigenvalue weighted by Gasteiger charge is -2.19. The van der Waals surface area contributed by atoms with Gasteiger partial charge >= 0.3 is 0 Å². The van der Waals surface area contributed by atoms with Crippen LogP contribution in [0.4, 0.5) is 11.6 Å². The van der Waals surface area contributed by atoms with Crippen molar-refractivity contribution < 1.29 is 14.2 Å². The van der Waals surface area contributed by atoms with E-state index in [1.807, 2.05) is 60.7 Å².